The van der Waals surface area contributed by atoms with Crippen LogP contribution < -0.4 is 10.7 Å². The molecular formula is C18H16Cl3N3O3. The Kier molecular flexibility index (Phi) is 5.93. The van der Waals surface area contributed by atoms with Crippen molar-refractivity contribution in [3.05, 3.63) is 61.4 Å². The van der Waals surface area contributed by atoms with E-state index in [0.717, 1.165) is 0 Å². The van der Waals surface area contributed by atoms with Crippen molar-refractivity contribution in [3.8, 4) is 5.69 Å². The zero-order chi connectivity index (χ0) is 19.7. The molecule has 1 aromatic carbocycles. The van der Waals surface area contributed by atoms with E-state index in [1.807, 2.05) is 0 Å². The molecule has 9 heteroatoms. The van der Waals surface area contributed by atoms with Crippen molar-refractivity contribution < 1.29 is 10.2 Å². The maximum atomic E-state index is 12.7. The van der Waals surface area contributed by atoms with Gasteiger partial charge < -0.3 is 20.1 Å². The normalized spacial score (nSPS) is 12.4. The predicted molar refractivity (Wildman–Crippen MR) is 109 cm³/mol. The molecule has 1 atom stereocenters. The van der Waals surface area contributed by atoms with Gasteiger partial charge in [0, 0.05) is 18.3 Å². The van der Waals surface area contributed by atoms with Gasteiger partial charge in [0.2, 0.25) is 0 Å². The van der Waals surface area contributed by atoms with Crippen LogP contribution in [-0.4, -0.2) is 39.0 Å². The molecule has 0 bridgehead atoms. The fraction of sp³-hybridized carbons (Fsp3) is 0.222. The van der Waals surface area contributed by atoms with Gasteiger partial charge in [-0.15, -0.1) is 0 Å². The first-order valence-electron chi connectivity index (χ1n) is 8.03. The number of rotatable bonds is 5. The Hall–Kier alpha value is -1.83. The summed E-state index contributed by atoms with van der Waals surface area (Å²) in [6, 6.07) is 6.55. The average Bonchev–Trinajstić information content (AvgIpc) is 2.62. The number of aliphatic hydroxyl groups excluding tert-OH is 2. The highest BCUT2D eigenvalue weighted by atomic mass is 35.5. The lowest BCUT2D eigenvalue weighted by atomic mass is 10.1. The summed E-state index contributed by atoms with van der Waals surface area (Å²) >= 11 is 19.1. The van der Waals surface area contributed by atoms with Crippen LogP contribution in [0.25, 0.3) is 16.6 Å². The van der Waals surface area contributed by atoms with Crippen molar-refractivity contribution in [2.45, 2.75) is 13.0 Å². The van der Waals surface area contributed by atoms with Gasteiger partial charge in [-0.25, -0.2) is 4.98 Å². The number of benzene rings is 1. The minimum Gasteiger partial charge on any atom is -0.394 e. The second-order valence-corrected chi connectivity index (χ2v) is 7.17. The van der Waals surface area contributed by atoms with Crippen molar-refractivity contribution in [1.29, 1.82) is 0 Å². The Balaban J connectivity index is 2.35. The van der Waals surface area contributed by atoms with Gasteiger partial charge in [-0.05, 0) is 19.1 Å². The third kappa shape index (κ3) is 3.77. The maximum absolute atomic E-state index is 12.7. The molecule has 0 fully saturated rings. The van der Waals surface area contributed by atoms with Crippen molar-refractivity contribution in [3.63, 3.8) is 0 Å². The van der Waals surface area contributed by atoms with Gasteiger partial charge in [-0.1, -0.05) is 40.9 Å². The molecule has 2 aromatic heterocycles. The summed E-state index contributed by atoms with van der Waals surface area (Å²) in [6.45, 7) is 1.34. The van der Waals surface area contributed by atoms with Crippen molar-refractivity contribution in [2.75, 3.05) is 18.5 Å². The number of halogens is 3. The van der Waals surface area contributed by atoms with Crippen LogP contribution >= 0.6 is 34.8 Å². The highest BCUT2D eigenvalue weighted by molar-refractivity contribution is 6.38. The summed E-state index contributed by atoms with van der Waals surface area (Å²) in [6.07, 6.45) is 0.403. The quantitative estimate of drug-likeness (QED) is 0.579. The Morgan fingerprint density at radius 3 is 2.52 bits per heavy atom. The van der Waals surface area contributed by atoms with Crippen LogP contribution in [0.2, 0.25) is 15.1 Å². The predicted octanol–water partition coefficient (Wildman–Crippen LogP) is 3.42. The number of nitrogens with one attached hydrogen (secondary N) is 1. The smallest absolute Gasteiger partial charge is 0.193 e. The first-order valence-corrected chi connectivity index (χ1v) is 9.16. The SMILES string of the molecule is Cc1cc(=O)c2c(NC[C@H](O)CO)ncc(Cl)c2n1-c1c(Cl)cccc1Cl. The van der Waals surface area contributed by atoms with Crippen LogP contribution in [-0.2, 0) is 0 Å². The lowest BCUT2D eigenvalue weighted by Gasteiger charge is -2.20. The number of hydrogen-bond acceptors (Lipinski definition) is 5. The van der Waals surface area contributed by atoms with Crippen LogP contribution in [0, 0.1) is 6.92 Å². The summed E-state index contributed by atoms with van der Waals surface area (Å²) < 4.78 is 1.71. The Labute approximate surface area is 169 Å². The van der Waals surface area contributed by atoms with E-state index in [0.29, 0.717) is 26.9 Å². The molecule has 2 heterocycles. The first kappa shape index (κ1) is 19.9. The fourth-order valence-electron chi connectivity index (χ4n) is 2.84. The average molecular weight is 429 g/mol. The number of nitrogens with zero attached hydrogens (tertiary/aromatic N) is 2. The van der Waals surface area contributed by atoms with E-state index in [1.165, 1.54) is 12.3 Å². The van der Waals surface area contributed by atoms with E-state index in [-0.39, 0.29) is 28.2 Å². The van der Waals surface area contributed by atoms with E-state index in [9.17, 15) is 9.90 Å². The van der Waals surface area contributed by atoms with Crippen molar-refractivity contribution in [1.82, 2.24) is 9.55 Å². The molecule has 27 heavy (non-hydrogen) atoms. The molecule has 0 saturated carbocycles. The molecular weight excluding hydrogens is 413 g/mol. The molecule has 142 valence electrons. The molecule has 3 rings (SSSR count). The number of para-hydroxylation sites is 1. The monoisotopic (exact) mass is 427 g/mol. The zero-order valence-electron chi connectivity index (χ0n) is 14.2. The highest BCUT2D eigenvalue weighted by Crippen LogP contribution is 2.35. The molecule has 6 nitrogen and oxygen atoms in total. The minimum atomic E-state index is -0.997. The van der Waals surface area contributed by atoms with Gasteiger partial charge in [0.15, 0.2) is 5.43 Å². The van der Waals surface area contributed by atoms with E-state index in [2.05, 4.69) is 10.3 Å². The highest BCUT2D eigenvalue weighted by Gasteiger charge is 2.19. The fourth-order valence-corrected chi connectivity index (χ4v) is 3.63. The molecule has 0 spiro atoms. The van der Waals surface area contributed by atoms with Crippen LogP contribution in [0.1, 0.15) is 5.69 Å². The molecule has 0 unspecified atom stereocenters. The van der Waals surface area contributed by atoms with Gasteiger partial charge in [0.25, 0.3) is 0 Å². The Bertz CT molecular complexity index is 1050. The van der Waals surface area contributed by atoms with Gasteiger partial charge in [-0.2, -0.15) is 0 Å². The lowest BCUT2D eigenvalue weighted by Crippen LogP contribution is -2.24. The first-order chi connectivity index (χ1) is 12.8. The van der Waals surface area contributed by atoms with Gasteiger partial charge >= 0.3 is 0 Å². The summed E-state index contributed by atoms with van der Waals surface area (Å²) in [5, 5.41) is 22.7. The zero-order valence-corrected chi connectivity index (χ0v) is 16.5. The lowest BCUT2D eigenvalue weighted by molar-refractivity contribution is 0.105. The summed E-state index contributed by atoms with van der Waals surface area (Å²) in [4.78, 5) is 16.9. The number of anilines is 1. The van der Waals surface area contributed by atoms with Gasteiger partial charge in [0.1, 0.15) is 5.82 Å². The third-order valence-electron chi connectivity index (χ3n) is 4.05. The molecule has 0 aliphatic carbocycles. The summed E-state index contributed by atoms with van der Waals surface area (Å²) in [7, 11) is 0. The minimum absolute atomic E-state index is 0.0143. The van der Waals surface area contributed by atoms with Crippen molar-refractivity contribution in [2.24, 2.45) is 0 Å². The molecule has 3 aromatic rings. The third-order valence-corrected chi connectivity index (χ3v) is 4.93. The summed E-state index contributed by atoms with van der Waals surface area (Å²) in [5.74, 6) is 0.240. The molecule has 3 N–H and O–H groups in total. The number of aryl methyl sites for hydroxylation is 1. The molecule has 0 saturated heterocycles. The molecule has 0 radical (unpaired) electrons. The van der Waals surface area contributed by atoms with Gasteiger partial charge in [-0.3, -0.25) is 4.79 Å². The van der Waals surface area contributed by atoms with E-state index in [4.69, 9.17) is 39.9 Å². The van der Waals surface area contributed by atoms with E-state index in [1.54, 1.807) is 29.7 Å². The number of hydrogen-bond donors (Lipinski definition) is 3. The van der Waals surface area contributed by atoms with E-state index < -0.39 is 12.7 Å². The van der Waals surface area contributed by atoms with Crippen LogP contribution in [0.15, 0.2) is 35.3 Å². The number of fused-ring (bicyclic) bond motifs is 1. The maximum Gasteiger partial charge on any atom is 0.193 e. The molecule has 0 aliphatic heterocycles. The van der Waals surface area contributed by atoms with Crippen LogP contribution in [0.5, 0.6) is 0 Å². The number of aromatic nitrogens is 2. The Morgan fingerprint density at radius 2 is 1.89 bits per heavy atom. The second kappa shape index (κ2) is 8.04. The molecule has 0 aliphatic rings. The summed E-state index contributed by atoms with van der Waals surface area (Å²) in [5.41, 5.74) is 1.19. The standard InChI is InChI=1S/C18H16Cl3N3O3/c1-9-5-14(27)15-17(24(9)16-11(19)3-2-4-12(16)20)13(21)7-23-18(15)22-6-10(26)8-25/h2-5,7,10,25-26H,6,8H2,1H3,(H,22,23)/t10-/m0/s1. The molecule has 0 amide bonds. The topological polar surface area (TPSA) is 87.4 Å². The van der Waals surface area contributed by atoms with Gasteiger partial charge in [0.05, 0.1) is 50.6 Å². The van der Waals surface area contributed by atoms with Crippen molar-refractivity contribution >= 4 is 51.5 Å². The largest absolute Gasteiger partial charge is 0.394 e. The van der Waals surface area contributed by atoms with E-state index >= 15 is 0 Å². The van der Waals surface area contributed by atoms with Crippen LogP contribution in [0.3, 0.4) is 0 Å². The van der Waals surface area contributed by atoms with Crippen LogP contribution in [0.4, 0.5) is 5.82 Å². The second-order valence-electron chi connectivity index (χ2n) is 5.95. The number of pyridine rings is 2. The number of aliphatic hydroxyl groups is 2. The Morgan fingerprint density at radius 1 is 1.22 bits per heavy atom.